The summed E-state index contributed by atoms with van der Waals surface area (Å²) in [7, 11) is 0. The van der Waals surface area contributed by atoms with E-state index in [1.165, 1.54) is 0 Å². The second-order valence-electron chi connectivity index (χ2n) is 8.27. The van der Waals surface area contributed by atoms with Crippen LogP contribution in [-0.4, -0.2) is 25.1 Å². The standard InChI is InChI=1S/C25H24ClN3O2/c1-2-25(30)12-19(13-25)24-27-14-22-23(26)28-21(15-29(22)24)18-9-6-10-20(11-18)31-16-17-7-4-3-5-8-17/h3-11,14-15,19,30H,2,12-13,16H2,1H3. The lowest BCUT2D eigenvalue weighted by Crippen LogP contribution is -2.42. The third-order valence-electron chi connectivity index (χ3n) is 6.16. The van der Waals surface area contributed by atoms with Gasteiger partial charge in [-0.05, 0) is 37.0 Å². The lowest BCUT2D eigenvalue weighted by atomic mass is 9.69. The first-order valence-corrected chi connectivity index (χ1v) is 11.0. The molecule has 4 aromatic rings. The van der Waals surface area contributed by atoms with Crippen molar-refractivity contribution in [3.8, 4) is 17.0 Å². The van der Waals surface area contributed by atoms with Gasteiger partial charge in [0.15, 0.2) is 5.15 Å². The van der Waals surface area contributed by atoms with Crippen LogP contribution in [0.2, 0.25) is 5.15 Å². The van der Waals surface area contributed by atoms with Crippen molar-refractivity contribution in [3.63, 3.8) is 0 Å². The van der Waals surface area contributed by atoms with Crippen molar-refractivity contribution >= 4 is 17.1 Å². The highest BCUT2D eigenvalue weighted by Gasteiger charge is 2.43. The largest absolute Gasteiger partial charge is 0.489 e. The van der Waals surface area contributed by atoms with Crippen LogP contribution in [0.3, 0.4) is 0 Å². The van der Waals surface area contributed by atoms with Crippen molar-refractivity contribution in [3.05, 3.63) is 83.5 Å². The predicted octanol–water partition coefficient (Wildman–Crippen LogP) is 5.65. The summed E-state index contributed by atoms with van der Waals surface area (Å²) in [5.41, 5.74) is 3.01. The molecule has 158 valence electrons. The molecule has 0 radical (unpaired) electrons. The smallest absolute Gasteiger partial charge is 0.155 e. The van der Waals surface area contributed by atoms with Crippen molar-refractivity contribution in [2.24, 2.45) is 0 Å². The van der Waals surface area contributed by atoms with E-state index in [9.17, 15) is 5.11 Å². The molecule has 0 atom stereocenters. The van der Waals surface area contributed by atoms with Gasteiger partial charge in [0.1, 0.15) is 23.7 Å². The molecular formula is C25H24ClN3O2. The first-order valence-electron chi connectivity index (χ1n) is 10.6. The maximum atomic E-state index is 10.4. The summed E-state index contributed by atoms with van der Waals surface area (Å²) in [6, 6.07) is 17.9. The molecule has 31 heavy (non-hydrogen) atoms. The minimum atomic E-state index is -0.569. The van der Waals surface area contributed by atoms with Crippen molar-refractivity contribution in [1.29, 1.82) is 0 Å². The lowest BCUT2D eigenvalue weighted by molar-refractivity contribution is -0.0536. The van der Waals surface area contributed by atoms with E-state index >= 15 is 0 Å². The van der Waals surface area contributed by atoms with E-state index in [0.29, 0.717) is 11.8 Å². The van der Waals surface area contributed by atoms with E-state index in [0.717, 1.165) is 53.2 Å². The van der Waals surface area contributed by atoms with E-state index in [2.05, 4.69) is 9.97 Å². The van der Waals surface area contributed by atoms with Crippen molar-refractivity contribution in [1.82, 2.24) is 14.4 Å². The highest BCUT2D eigenvalue weighted by atomic mass is 35.5. The molecular weight excluding hydrogens is 410 g/mol. The minimum absolute atomic E-state index is 0.222. The Morgan fingerprint density at radius 3 is 2.74 bits per heavy atom. The van der Waals surface area contributed by atoms with Gasteiger partial charge >= 0.3 is 0 Å². The summed E-state index contributed by atoms with van der Waals surface area (Å²) in [6.45, 7) is 2.52. The normalized spacial score (nSPS) is 20.5. The number of hydrogen-bond acceptors (Lipinski definition) is 4. The highest BCUT2D eigenvalue weighted by molar-refractivity contribution is 6.32. The number of hydrogen-bond donors (Lipinski definition) is 1. The maximum absolute atomic E-state index is 10.4. The number of aliphatic hydroxyl groups is 1. The third-order valence-corrected chi connectivity index (χ3v) is 6.44. The first kappa shape index (κ1) is 20.0. The Hall–Kier alpha value is -2.89. The SMILES string of the molecule is CCC1(O)CC(c2ncc3c(Cl)nc(-c4cccc(OCc5ccccc5)c4)cn23)C1. The zero-order valence-corrected chi connectivity index (χ0v) is 18.1. The van der Waals surface area contributed by atoms with Crippen LogP contribution >= 0.6 is 11.6 Å². The molecule has 6 heteroatoms. The first-order chi connectivity index (χ1) is 15.0. The second kappa shape index (κ2) is 7.98. The zero-order chi connectivity index (χ0) is 21.4. The van der Waals surface area contributed by atoms with Crippen LogP contribution in [0, 0.1) is 0 Å². The summed E-state index contributed by atoms with van der Waals surface area (Å²) >= 11 is 6.50. The number of nitrogens with zero attached hydrogens (tertiary/aromatic N) is 3. The molecule has 2 aromatic carbocycles. The quantitative estimate of drug-likeness (QED) is 0.427. The molecule has 1 aliphatic rings. The molecule has 0 amide bonds. The van der Waals surface area contributed by atoms with Gasteiger partial charge in [0, 0.05) is 17.7 Å². The van der Waals surface area contributed by atoms with E-state index in [1.807, 2.05) is 72.1 Å². The second-order valence-corrected chi connectivity index (χ2v) is 8.63. The summed E-state index contributed by atoms with van der Waals surface area (Å²) in [5.74, 6) is 1.92. The van der Waals surface area contributed by atoms with Gasteiger partial charge in [-0.2, -0.15) is 0 Å². The third kappa shape index (κ3) is 3.91. The number of aromatic nitrogens is 3. The van der Waals surface area contributed by atoms with E-state index in [4.69, 9.17) is 16.3 Å². The molecule has 1 N–H and O–H groups in total. The highest BCUT2D eigenvalue weighted by Crippen LogP contribution is 2.46. The molecule has 0 unspecified atom stereocenters. The lowest BCUT2D eigenvalue weighted by Gasteiger charge is -2.42. The van der Waals surface area contributed by atoms with Gasteiger partial charge in [-0.3, -0.25) is 4.40 Å². The summed E-state index contributed by atoms with van der Waals surface area (Å²) in [5, 5.41) is 10.8. The van der Waals surface area contributed by atoms with Crippen molar-refractivity contribution in [2.45, 2.75) is 44.3 Å². The van der Waals surface area contributed by atoms with Gasteiger partial charge in [-0.15, -0.1) is 0 Å². The average Bonchev–Trinajstić information content (AvgIpc) is 3.21. The van der Waals surface area contributed by atoms with Crippen LogP contribution in [0.4, 0.5) is 0 Å². The molecule has 5 rings (SSSR count). The van der Waals surface area contributed by atoms with Gasteiger partial charge < -0.3 is 9.84 Å². The Balaban J connectivity index is 1.43. The Kier molecular flexibility index (Phi) is 5.16. The van der Waals surface area contributed by atoms with Crippen molar-refractivity contribution in [2.75, 3.05) is 0 Å². The fourth-order valence-corrected chi connectivity index (χ4v) is 4.46. The predicted molar refractivity (Wildman–Crippen MR) is 121 cm³/mol. The number of rotatable bonds is 6. The molecule has 0 aliphatic heterocycles. The zero-order valence-electron chi connectivity index (χ0n) is 17.3. The van der Waals surface area contributed by atoms with Crippen LogP contribution in [0.25, 0.3) is 16.8 Å². The van der Waals surface area contributed by atoms with Gasteiger partial charge in [-0.1, -0.05) is 61.0 Å². The van der Waals surface area contributed by atoms with Gasteiger partial charge in [0.2, 0.25) is 0 Å². The van der Waals surface area contributed by atoms with Gasteiger partial charge in [0.25, 0.3) is 0 Å². The Morgan fingerprint density at radius 1 is 1.16 bits per heavy atom. The number of fused-ring (bicyclic) bond motifs is 1. The maximum Gasteiger partial charge on any atom is 0.155 e. The Bertz CT molecular complexity index is 1220. The van der Waals surface area contributed by atoms with Crippen molar-refractivity contribution < 1.29 is 9.84 Å². The molecule has 0 bridgehead atoms. The fraction of sp³-hybridized carbons (Fsp3) is 0.280. The van der Waals surface area contributed by atoms with Crippen LogP contribution in [-0.2, 0) is 6.61 Å². The number of ether oxygens (including phenoxy) is 1. The van der Waals surface area contributed by atoms with E-state index in [-0.39, 0.29) is 5.92 Å². The Morgan fingerprint density at radius 2 is 1.97 bits per heavy atom. The molecule has 5 nitrogen and oxygen atoms in total. The summed E-state index contributed by atoms with van der Waals surface area (Å²) in [4.78, 5) is 9.19. The average molecular weight is 434 g/mol. The monoisotopic (exact) mass is 433 g/mol. The molecule has 0 saturated heterocycles. The molecule has 1 saturated carbocycles. The van der Waals surface area contributed by atoms with Gasteiger partial charge in [-0.25, -0.2) is 9.97 Å². The molecule has 2 aromatic heterocycles. The van der Waals surface area contributed by atoms with Crippen LogP contribution in [0.1, 0.15) is 43.5 Å². The fourth-order valence-electron chi connectivity index (χ4n) is 4.23. The van der Waals surface area contributed by atoms with Crippen LogP contribution < -0.4 is 4.74 Å². The number of benzene rings is 2. The van der Waals surface area contributed by atoms with E-state index < -0.39 is 5.60 Å². The topological polar surface area (TPSA) is 59.7 Å². The summed E-state index contributed by atoms with van der Waals surface area (Å²) in [6.07, 6.45) is 5.94. The molecule has 1 fully saturated rings. The molecule has 2 heterocycles. The van der Waals surface area contributed by atoms with Crippen LogP contribution in [0.5, 0.6) is 5.75 Å². The minimum Gasteiger partial charge on any atom is -0.489 e. The molecule has 0 spiro atoms. The Labute approximate surface area is 186 Å². The van der Waals surface area contributed by atoms with E-state index in [1.54, 1.807) is 6.20 Å². The number of imidazole rings is 1. The number of halogens is 1. The van der Waals surface area contributed by atoms with Gasteiger partial charge in [0.05, 0.1) is 17.5 Å². The summed E-state index contributed by atoms with van der Waals surface area (Å²) < 4.78 is 7.99. The molecule has 1 aliphatic carbocycles. The van der Waals surface area contributed by atoms with Crippen LogP contribution in [0.15, 0.2) is 67.0 Å².